The van der Waals surface area contributed by atoms with Crippen LogP contribution in [0.25, 0.3) is 11.0 Å². The SMILES string of the molecule is Cc1ccc2nc(N3CCC(C(=O)N4CCN(c5ccccc5F)CC4)CC3)[nH]c2c1. The third kappa shape index (κ3) is 3.96. The van der Waals surface area contributed by atoms with Gasteiger partial charge < -0.3 is 19.7 Å². The lowest BCUT2D eigenvalue weighted by molar-refractivity contribution is -0.136. The van der Waals surface area contributed by atoms with Gasteiger partial charge in [0.1, 0.15) is 5.82 Å². The van der Waals surface area contributed by atoms with E-state index in [-0.39, 0.29) is 17.6 Å². The van der Waals surface area contributed by atoms with Gasteiger partial charge in [-0.25, -0.2) is 9.37 Å². The summed E-state index contributed by atoms with van der Waals surface area (Å²) in [4.78, 5) is 27.5. The van der Waals surface area contributed by atoms with Crippen LogP contribution < -0.4 is 9.80 Å². The highest BCUT2D eigenvalue weighted by Gasteiger charge is 2.31. The number of carbonyl (C=O) groups is 1. The summed E-state index contributed by atoms with van der Waals surface area (Å²) in [6.07, 6.45) is 1.67. The number of piperazine rings is 1. The van der Waals surface area contributed by atoms with Gasteiger partial charge in [0.2, 0.25) is 11.9 Å². The fourth-order valence-corrected chi connectivity index (χ4v) is 4.73. The Kier molecular flexibility index (Phi) is 5.26. The van der Waals surface area contributed by atoms with E-state index in [1.165, 1.54) is 11.6 Å². The third-order valence-electron chi connectivity index (χ3n) is 6.55. The van der Waals surface area contributed by atoms with Crippen LogP contribution in [0, 0.1) is 18.7 Å². The molecule has 0 saturated carbocycles. The quantitative estimate of drug-likeness (QED) is 0.703. The molecule has 1 N–H and O–H groups in total. The van der Waals surface area contributed by atoms with Gasteiger partial charge in [0.25, 0.3) is 0 Å². The smallest absolute Gasteiger partial charge is 0.225 e. The van der Waals surface area contributed by atoms with Crippen LogP contribution >= 0.6 is 0 Å². The zero-order chi connectivity index (χ0) is 21.4. The number of nitrogens with one attached hydrogen (secondary N) is 1. The number of aryl methyl sites for hydroxylation is 1. The fraction of sp³-hybridized carbons (Fsp3) is 0.417. The molecule has 162 valence electrons. The van der Waals surface area contributed by atoms with Crippen LogP contribution in [-0.2, 0) is 4.79 Å². The van der Waals surface area contributed by atoms with E-state index >= 15 is 0 Å². The molecule has 2 aliphatic rings. The molecule has 0 radical (unpaired) electrons. The standard InChI is InChI=1S/C24H28FN5O/c1-17-6-7-20-21(16-17)27-24(26-20)30-10-8-18(9-11-30)23(31)29-14-12-28(13-15-29)22-5-3-2-4-19(22)25/h2-7,16,18H,8-15H2,1H3,(H,26,27). The Hall–Kier alpha value is -3.09. The number of rotatable bonds is 3. The van der Waals surface area contributed by atoms with Crippen LogP contribution in [0.4, 0.5) is 16.0 Å². The van der Waals surface area contributed by atoms with Crippen molar-refractivity contribution in [3.8, 4) is 0 Å². The maximum absolute atomic E-state index is 14.1. The van der Waals surface area contributed by atoms with Gasteiger partial charge in [0, 0.05) is 45.2 Å². The largest absolute Gasteiger partial charge is 0.366 e. The number of hydrogen-bond donors (Lipinski definition) is 1. The van der Waals surface area contributed by atoms with Crippen LogP contribution in [0.2, 0.25) is 0 Å². The maximum Gasteiger partial charge on any atom is 0.225 e. The molecule has 0 aliphatic carbocycles. The minimum atomic E-state index is -0.199. The van der Waals surface area contributed by atoms with E-state index in [0.717, 1.165) is 42.9 Å². The lowest BCUT2D eigenvalue weighted by Gasteiger charge is -2.39. The summed E-state index contributed by atoms with van der Waals surface area (Å²) in [6, 6.07) is 13.1. The van der Waals surface area contributed by atoms with E-state index in [0.29, 0.717) is 31.9 Å². The Morgan fingerprint density at radius 3 is 2.48 bits per heavy atom. The molecule has 2 saturated heterocycles. The molecule has 7 heteroatoms. The van der Waals surface area contributed by atoms with Crippen molar-refractivity contribution < 1.29 is 9.18 Å². The minimum Gasteiger partial charge on any atom is -0.366 e. The van der Waals surface area contributed by atoms with Crippen molar-refractivity contribution in [3.05, 3.63) is 53.8 Å². The first-order valence-electron chi connectivity index (χ1n) is 11.1. The molecule has 31 heavy (non-hydrogen) atoms. The number of H-pyrrole nitrogens is 1. The Morgan fingerprint density at radius 2 is 1.74 bits per heavy atom. The van der Waals surface area contributed by atoms with Gasteiger partial charge in [-0.3, -0.25) is 4.79 Å². The van der Waals surface area contributed by atoms with E-state index < -0.39 is 0 Å². The van der Waals surface area contributed by atoms with Gasteiger partial charge in [-0.05, 0) is 49.6 Å². The highest BCUT2D eigenvalue weighted by Crippen LogP contribution is 2.26. The summed E-state index contributed by atoms with van der Waals surface area (Å²) in [5, 5.41) is 0. The topological polar surface area (TPSA) is 55.5 Å². The molecule has 2 aromatic carbocycles. The average molecular weight is 422 g/mol. The van der Waals surface area contributed by atoms with E-state index in [4.69, 9.17) is 4.98 Å². The third-order valence-corrected chi connectivity index (χ3v) is 6.55. The zero-order valence-corrected chi connectivity index (χ0v) is 17.9. The maximum atomic E-state index is 14.1. The predicted molar refractivity (Wildman–Crippen MR) is 121 cm³/mol. The second-order valence-corrected chi connectivity index (χ2v) is 8.61. The molecule has 3 heterocycles. The van der Waals surface area contributed by atoms with Crippen LogP contribution in [0.3, 0.4) is 0 Å². The summed E-state index contributed by atoms with van der Waals surface area (Å²) >= 11 is 0. The van der Waals surface area contributed by atoms with E-state index in [1.807, 2.05) is 28.0 Å². The Bertz CT molecular complexity index is 1080. The van der Waals surface area contributed by atoms with Crippen molar-refractivity contribution in [3.63, 3.8) is 0 Å². The summed E-state index contributed by atoms with van der Waals surface area (Å²) in [7, 11) is 0. The Morgan fingerprint density at radius 1 is 1.00 bits per heavy atom. The predicted octanol–water partition coefficient (Wildman–Crippen LogP) is 3.58. The number of para-hydroxylation sites is 1. The Labute approximate surface area is 181 Å². The molecule has 1 amide bonds. The molecule has 1 aromatic heterocycles. The second-order valence-electron chi connectivity index (χ2n) is 8.61. The van der Waals surface area contributed by atoms with Crippen molar-refractivity contribution in [1.82, 2.24) is 14.9 Å². The zero-order valence-electron chi connectivity index (χ0n) is 17.9. The number of halogens is 1. The van der Waals surface area contributed by atoms with Crippen molar-refractivity contribution in [2.45, 2.75) is 19.8 Å². The molecular weight excluding hydrogens is 393 g/mol. The first-order chi connectivity index (χ1) is 15.1. The van der Waals surface area contributed by atoms with Crippen LogP contribution in [-0.4, -0.2) is 60.0 Å². The lowest BCUT2D eigenvalue weighted by Crippen LogP contribution is -2.52. The number of anilines is 2. The number of hydrogen-bond acceptors (Lipinski definition) is 4. The van der Waals surface area contributed by atoms with Gasteiger partial charge in [-0.1, -0.05) is 18.2 Å². The average Bonchev–Trinajstić information content (AvgIpc) is 3.22. The molecule has 0 unspecified atom stereocenters. The van der Waals surface area contributed by atoms with Gasteiger partial charge in [0.15, 0.2) is 0 Å². The highest BCUT2D eigenvalue weighted by atomic mass is 19.1. The number of nitrogens with zero attached hydrogens (tertiary/aromatic N) is 4. The van der Waals surface area contributed by atoms with Crippen LogP contribution in [0.15, 0.2) is 42.5 Å². The molecule has 2 fully saturated rings. The summed E-state index contributed by atoms with van der Waals surface area (Å²) in [5.41, 5.74) is 3.87. The van der Waals surface area contributed by atoms with Gasteiger partial charge in [0.05, 0.1) is 16.7 Å². The van der Waals surface area contributed by atoms with Gasteiger partial charge in [-0.15, -0.1) is 0 Å². The second kappa shape index (κ2) is 8.21. The first kappa shape index (κ1) is 19.8. The van der Waals surface area contributed by atoms with Crippen molar-refractivity contribution in [2.75, 3.05) is 49.1 Å². The molecule has 0 atom stereocenters. The molecule has 3 aromatic rings. The number of amides is 1. The highest BCUT2D eigenvalue weighted by molar-refractivity contribution is 5.80. The number of piperidine rings is 1. The summed E-state index contributed by atoms with van der Waals surface area (Å²) < 4.78 is 14.1. The van der Waals surface area contributed by atoms with E-state index in [9.17, 15) is 9.18 Å². The summed E-state index contributed by atoms with van der Waals surface area (Å²) in [6.45, 7) is 6.36. The number of aromatic amines is 1. The number of aromatic nitrogens is 2. The monoisotopic (exact) mass is 421 g/mol. The molecule has 5 rings (SSSR count). The molecular formula is C24H28FN5O. The number of imidazole rings is 1. The van der Waals surface area contributed by atoms with Crippen LogP contribution in [0.5, 0.6) is 0 Å². The molecule has 6 nitrogen and oxygen atoms in total. The van der Waals surface area contributed by atoms with Crippen LogP contribution in [0.1, 0.15) is 18.4 Å². The number of benzene rings is 2. The van der Waals surface area contributed by atoms with Crippen molar-refractivity contribution >= 4 is 28.6 Å². The van der Waals surface area contributed by atoms with Crippen molar-refractivity contribution in [1.29, 1.82) is 0 Å². The van der Waals surface area contributed by atoms with Gasteiger partial charge in [-0.2, -0.15) is 0 Å². The van der Waals surface area contributed by atoms with Crippen molar-refractivity contribution in [2.24, 2.45) is 5.92 Å². The molecule has 0 bridgehead atoms. The summed E-state index contributed by atoms with van der Waals surface area (Å²) in [5.74, 6) is 0.997. The fourth-order valence-electron chi connectivity index (χ4n) is 4.73. The molecule has 2 aliphatic heterocycles. The lowest BCUT2D eigenvalue weighted by atomic mass is 9.95. The number of fused-ring (bicyclic) bond motifs is 1. The van der Waals surface area contributed by atoms with Gasteiger partial charge >= 0.3 is 0 Å². The number of carbonyl (C=O) groups excluding carboxylic acids is 1. The minimum absolute atomic E-state index is 0.0582. The molecule has 0 spiro atoms. The van der Waals surface area contributed by atoms with E-state index in [1.54, 1.807) is 6.07 Å². The Balaban J connectivity index is 1.16. The van der Waals surface area contributed by atoms with E-state index in [2.05, 4.69) is 28.9 Å². The first-order valence-corrected chi connectivity index (χ1v) is 11.1. The normalized spacial score (nSPS) is 18.1.